The van der Waals surface area contributed by atoms with Crippen LogP contribution < -0.4 is 5.32 Å². The largest absolute Gasteiger partial charge is 0.418 e. The van der Waals surface area contributed by atoms with Gasteiger partial charge in [0.15, 0.2) is 0 Å². The van der Waals surface area contributed by atoms with Crippen molar-refractivity contribution >= 4 is 28.3 Å². The van der Waals surface area contributed by atoms with Crippen LogP contribution in [0.5, 0.6) is 0 Å². The summed E-state index contributed by atoms with van der Waals surface area (Å²) in [4.78, 5) is 30.7. The highest BCUT2D eigenvalue weighted by atomic mass is 19.4. The predicted molar refractivity (Wildman–Crippen MR) is 133 cm³/mol. The first-order chi connectivity index (χ1) is 17.2. The van der Waals surface area contributed by atoms with Gasteiger partial charge >= 0.3 is 6.18 Å². The number of likely N-dealkylation sites (N-methyl/N-ethyl adjacent to an activating group) is 1. The van der Waals surface area contributed by atoms with Gasteiger partial charge in [0.05, 0.1) is 24.3 Å². The Morgan fingerprint density at radius 3 is 2.31 bits per heavy atom. The fourth-order valence-electron chi connectivity index (χ4n) is 4.42. The lowest BCUT2D eigenvalue weighted by Gasteiger charge is -2.35. The molecular weight excluding hydrogens is 469 g/mol. The van der Waals surface area contributed by atoms with Crippen LogP contribution in [0.1, 0.15) is 11.1 Å². The van der Waals surface area contributed by atoms with Gasteiger partial charge in [0, 0.05) is 32.7 Å². The first kappa shape index (κ1) is 25.7. The number of hydrogen-bond donors (Lipinski definition) is 1. The van der Waals surface area contributed by atoms with Gasteiger partial charge in [0.25, 0.3) is 0 Å². The van der Waals surface area contributed by atoms with Crippen molar-refractivity contribution in [3.8, 4) is 0 Å². The van der Waals surface area contributed by atoms with Crippen molar-refractivity contribution in [1.29, 1.82) is 0 Å². The molecule has 0 saturated carbocycles. The number of alkyl halides is 3. The average molecular weight is 499 g/mol. The number of anilines is 1. The Labute approximate surface area is 208 Å². The highest BCUT2D eigenvalue weighted by Crippen LogP contribution is 2.34. The Kier molecular flexibility index (Phi) is 7.91. The molecule has 0 aromatic heterocycles. The van der Waals surface area contributed by atoms with Crippen LogP contribution in [0, 0.1) is 0 Å². The number of fused-ring (bicyclic) bond motifs is 1. The fraction of sp³-hybridized carbons (Fsp3) is 0.333. The zero-order valence-corrected chi connectivity index (χ0v) is 20.1. The Morgan fingerprint density at radius 2 is 1.58 bits per heavy atom. The van der Waals surface area contributed by atoms with Gasteiger partial charge in [-0.15, -0.1) is 0 Å². The summed E-state index contributed by atoms with van der Waals surface area (Å²) in [5.74, 6) is -0.497. The molecule has 0 radical (unpaired) electrons. The molecule has 190 valence electrons. The molecule has 4 rings (SSSR count). The molecule has 1 aliphatic rings. The minimum atomic E-state index is -4.54. The van der Waals surface area contributed by atoms with Gasteiger partial charge in [-0.05, 0) is 41.6 Å². The summed E-state index contributed by atoms with van der Waals surface area (Å²) >= 11 is 0. The molecule has 0 spiro atoms. The summed E-state index contributed by atoms with van der Waals surface area (Å²) in [5, 5.41) is 4.71. The van der Waals surface area contributed by atoms with E-state index >= 15 is 0 Å². The van der Waals surface area contributed by atoms with E-state index in [0.29, 0.717) is 32.7 Å². The maximum Gasteiger partial charge on any atom is 0.418 e. The number of amides is 2. The first-order valence-electron chi connectivity index (χ1n) is 11.8. The third kappa shape index (κ3) is 6.61. The molecule has 36 heavy (non-hydrogen) atoms. The number of carbonyl (C=O) groups is 2. The van der Waals surface area contributed by atoms with E-state index in [1.54, 1.807) is 4.90 Å². The van der Waals surface area contributed by atoms with Crippen LogP contribution in [0.15, 0.2) is 66.7 Å². The van der Waals surface area contributed by atoms with E-state index in [1.807, 2.05) is 29.0 Å². The molecule has 9 heteroatoms. The standard InChI is InChI=1S/C27H29F3N4O2/c1-32(17-20-10-11-21-6-2-3-7-22(21)16-20)19-26(36)34-14-12-33(13-15-34)18-25(35)31-24-9-5-4-8-23(24)27(28,29)30/h2-11,16H,12-15,17-19H2,1H3,(H,31,35). The van der Waals surface area contributed by atoms with Gasteiger partial charge in [-0.2, -0.15) is 13.2 Å². The van der Waals surface area contributed by atoms with Crippen LogP contribution in [-0.2, 0) is 22.3 Å². The minimum Gasteiger partial charge on any atom is -0.339 e. The van der Waals surface area contributed by atoms with Crippen LogP contribution in [0.4, 0.5) is 18.9 Å². The van der Waals surface area contributed by atoms with Crippen molar-refractivity contribution in [1.82, 2.24) is 14.7 Å². The number of piperazine rings is 1. The topological polar surface area (TPSA) is 55.9 Å². The van der Waals surface area contributed by atoms with E-state index in [1.165, 1.54) is 23.6 Å². The summed E-state index contributed by atoms with van der Waals surface area (Å²) in [6.45, 7) is 2.79. The second-order valence-electron chi connectivity index (χ2n) is 9.10. The Morgan fingerprint density at radius 1 is 0.917 bits per heavy atom. The lowest BCUT2D eigenvalue weighted by molar-refractivity contribution is -0.137. The molecule has 1 fully saturated rings. The summed E-state index contributed by atoms with van der Waals surface area (Å²) < 4.78 is 39.4. The van der Waals surface area contributed by atoms with Crippen molar-refractivity contribution in [3.05, 3.63) is 77.9 Å². The number of para-hydroxylation sites is 1. The van der Waals surface area contributed by atoms with Gasteiger partial charge in [-0.1, -0.05) is 48.5 Å². The molecule has 0 unspecified atom stereocenters. The molecule has 3 aromatic rings. The van der Waals surface area contributed by atoms with Gasteiger partial charge in [0.2, 0.25) is 11.8 Å². The smallest absolute Gasteiger partial charge is 0.339 e. The monoisotopic (exact) mass is 498 g/mol. The van der Waals surface area contributed by atoms with E-state index in [-0.39, 0.29) is 24.7 Å². The first-order valence-corrected chi connectivity index (χ1v) is 11.8. The van der Waals surface area contributed by atoms with Crippen LogP contribution >= 0.6 is 0 Å². The molecule has 1 N–H and O–H groups in total. The normalized spacial score (nSPS) is 14.9. The summed E-state index contributed by atoms with van der Waals surface area (Å²) in [7, 11) is 1.91. The Hall–Kier alpha value is -3.43. The molecule has 0 aliphatic carbocycles. The Balaban J connectivity index is 1.23. The molecule has 3 aromatic carbocycles. The van der Waals surface area contributed by atoms with Crippen molar-refractivity contribution in [2.75, 3.05) is 51.6 Å². The number of carbonyl (C=O) groups excluding carboxylic acids is 2. The third-order valence-corrected chi connectivity index (χ3v) is 6.27. The molecule has 1 aliphatic heterocycles. The van der Waals surface area contributed by atoms with E-state index in [9.17, 15) is 22.8 Å². The zero-order valence-electron chi connectivity index (χ0n) is 20.1. The maximum absolute atomic E-state index is 13.1. The van der Waals surface area contributed by atoms with Crippen molar-refractivity contribution in [2.24, 2.45) is 0 Å². The van der Waals surface area contributed by atoms with E-state index in [4.69, 9.17) is 0 Å². The van der Waals surface area contributed by atoms with Crippen molar-refractivity contribution in [3.63, 3.8) is 0 Å². The van der Waals surface area contributed by atoms with E-state index in [2.05, 4.69) is 35.6 Å². The highest BCUT2D eigenvalue weighted by molar-refractivity contribution is 5.93. The molecular formula is C27H29F3N4O2. The lowest BCUT2D eigenvalue weighted by atomic mass is 10.1. The minimum absolute atomic E-state index is 0.0153. The number of hydrogen-bond acceptors (Lipinski definition) is 4. The fourth-order valence-corrected chi connectivity index (χ4v) is 4.42. The molecule has 2 amide bonds. The number of benzene rings is 3. The second kappa shape index (κ2) is 11.1. The number of rotatable bonds is 7. The SMILES string of the molecule is CN(CC(=O)N1CCN(CC(=O)Nc2ccccc2C(F)(F)F)CC1)Cc1ccc2ccccc2c1. The molecule has 1 saturated heterocycles. The van der Waals surface area contributed by atoms with Gasteiger partial charge in [-0.25, -0.2) is 0 Å². The number of nitrogens with one attached hydrogen (secondary N) is 1. The zero-order chi connectivity index (χ0) is 25.7. The van der Waals surface area contributed by atoms with Gasteiger partial charge < -0.3 is 10.2 Å². The molecule has 0 bridgehead atoms. The van der Waals surface area contributed by atoms with Gasteiger partial charge in [0.1, 0.15) is 0 Å². The van der Waals surface area contributed by atoms with Gasteiger partial charge in [-0.3, -0.25) is 19.4 Å². The quantitative estimate of drug-likeness (QED) is 0.534. The summed E-state index contributed by atoms with van der Waals surface area (Å²) in [6.07, 6.45) is -4.54. The van der Waals surface area contributed by atoms with Crippen LogP contribution in [0.3, 0.4) is 0 Å². The summed E-state index contributed by atoms with van der Waals surface area (Å²) in [6, 6.07) is 19.3. The van der Waals surface area contributed by atoms with Crippen molar-refractivity contribution in [2.45, 2.75) is 12.7 Å². The third-order valence-electron chi connectivity index (χ3n) is 6.27. The van der Waals surface area contributed by atoms with Crippen LogP contribution in [0.25, 0.3) is 10.8 Å². The average Bonchev–Trinajstić information content (AvgIpc) is 2.84. The highest BCUT2D eigenvalue weighted by Gasteiger charge is 2.33. The second-order valence-corrected chi connectivity index (χ2v) is 9.10. The van der Waals surface area contributed by atoms with Crippen LogP contribution in [0.2, 0.25) is 0 Å². The lowest BCUT2D eigenvalue weighted by Crippen LogP contribution is -2.52. The maximum atomic E-state index is 13.1. The van der Waals surface area contributed by atoms with E-state index < -0.39 is 17.6 Å². The Bertz CT molecular complexity index is 1220. The van der Waals surface area contributed by atoms with E-state index in [0.717, 1.165) is 17.0 Å². The summed E-state index contributed by atoms with van der Waals surface area (Å²) in [5.41, 5.74) is 0.00627. The van der Waals surface area contributed by atoms with Crippen LogP contribution in [-0.4, -0.2) is 72.8 Å². The predicted octanol–water partition coefficient (Wildman–Crippen LogP) is 4.07. The number of halogens is 3. The molecule has 1 heterocycles. The molecule has 0 atom stereocenters. The van der Waals surface area contributed by atoms with Crippen molar-refractivity contribution < 1.29 is 22.8 Å². The molecule has 6 nitrogen and oxygen atoms in total. The number of nitrogens with zero attached hydrogens (tertiary/aromatic N) is 3.